The highest BCUT2D eigenvalue weighted by Crippen LogP contribution is 2.12. The van der Waals surface area contributed by atoms with Crippen molar-refractivity contribution in [1.29, 1.82) is 0 Å². The molecular formula is C13H12F2N2O2. The van der Waals surface area contributed by atoms with Gasteiger partial charge in [0.15, 0.2) is 0 Å². The van der Waals surface area contributed by atoms with Crippen molar-refractivity contribution in [3.63, 3.8) is 0 Å². The van der Waals surface area contributed by atoms with Crippen molar-refractivity contribution in [2.75, 3.05) is 0 Å². The van der Waals surface area contributed by atoms with Crippen molar-refractivity contribution in [2.24, 2.45) is 0 Å². The van der Waals surface area contributed by atoms with E-state index in [9.17, 15) is 18.4 Å². The highest BCUT2D eigenvalue weighted by molar-refractivity contribution is 5.20. The molecular weight excluding hydrogens is 254 g/mol. The number of hydrogen-bond acceptors (Lipinski definition) is 2. The second-order valence-corrected chi connectivity index (χ2v) is 4.01. The topological polar surface area (TPSA) is 44.0 Å². The fourth-order valence-corrected chi connectivity index (χ4v) is 1.78. The molecule has 0 radical (unpaired) electrons. The fraction of sp³-hybridized carbons (Fsp3) is 0.231. The Kier molecular flexibility index (Phi) is 3.59. The smallest absolute Gasteiger partial charge is 0.301 e. The van der Waals surface area contributed by atoms with Gasteiger partial charge in [-0.1, -0.05) is 6.07 Å². The lowest BCUT2D eigenvalue weighted by atomic mass is 10.2. The molecule has 1 aromatic carbocycles. The first kappa shape index (κ1) is 13.2. The summed E-state index contributed by atoms with van der Waals surface area (Å²) in [7, 11) is 0. The SMILES string of the molecule is CCn1ccc(=O)n(Cc2c(F)cccc2F)c1=O. The molecule has 0 fully saturated rings. The monoisotopic (exact) mass is 266 g/mol. The standard InChI is InChI=1S/C13H12F2N2O2/c1-2-16-7-6-12(18)17(13(16)19)8-9-10(14)4-3-5-11(9)15/h3-7H,2,8H2,1H3. The van der Waals surface area contributed by atoms with Crippen LogP contribution in [0.1, 0.15) is 12.5 Å². The summed E-state index contributed by atoms with van der Waals surface area (Å²) >= 11 is 0. The molecule has 1 aromatic heterocycles. The number of hydrogen-bond donors (Lipinski definition) is 0. The molecule has 0 amide bonds. The van der Waals surface area contributed by atoms with Gasteiger partial charge in [-0.25, -0.2) is 13.6 Å². The molecule has 0 saturated carbocycles. The summed E-state index contributed by atoms with van der Waals surface area (Å²) < 4.78 is 29.1. The Morgan fingerprint density at radius 3 is 2.32 bits per heavy atom. The van der Waals surface area contributed by atoms with E-state index in [0.29, 0.717) is 6.54 Å². The van der Waals surface area contributed by atoms with Gasteiger partial charge in [-0.3, -0.25) is 9.36 Å². The van der Waals surface area contributed by atoms with Crippen LogP contribution in [0.5, 0.6) is 0 Å². The number of aryl methyl sites for hydroxylation is 1. The van der Waals surface area contributed by atoms with Crippen LogP contribution in [0.15, 0.2) is 40.1 Å². The summed E-state index contributed by atoms with van der Waals surface area (Å²) in [6.45, 7) is 1.69. The van der Waals surface area contributed by atoms with Crippen LogP contribution in [0.2, 0.25) is 0 Å². The molecule has 0 spiro atoms. The molecule has 100 valence electrons. The molecule has 0 atom stereocenters. The van der Waals surface area contributed by atoms with Crippen LogP contribution < -0.4 is 11.2 Å². The summed E-state index contributed by atoms with van der Waals surface area (Å²) in [4.78, 5) is 23.6. The molecule has 0 unspecified atom stereocenters. The lowest BCUT2D eigenvalue weighted by molar-refractivity contribution is 0.525. The Morgan fingerprint density at radius 1 is 1.11 bits per heavy atom. The quantitative estimate of drug-likeness (QED) is 0.842. The number of aromatic nitrogens is 2. The largest absolute Gasteiger partial charge is 0.331 e. The van der Waals surface area contributed by atoms with E-state index in [1.54, 1.807) is 6.92 Å². The summed E-state index contributed by atoms with van der Waals surface area (Å²) in [5.41, 5.74) is -1.47. The maximum atomic E-state index is 13.5. The molecule has 6 heteroatoms. The van der Waals surface area contributed by atoms with Crippen LogP contribution in [0.25, 0.3) is 0 Å². The molecule has 2 aromatic rings. The molecule has 1 heterocycles. The molecule has 4 nitrogen and oxygen atoms in total. The Hall–Kier alpha value is -2.24. The van der Waals surface area contributed by atoms with Gasteiger partial charge in [-0.15, -0.1) is 0 Å². The van der Waals surface area contributed by atoms with Crippen LogP contribution in [0.3, 0.4) is 0 Å². The molecule has 0 saturated heterocycles. The second-order valence-electron chi connectivity index (χ2n) is 4.01. The maximum Gasteiger partial charge on any atom is 0.331 e. The third-order valence-corrected chi connectivity index (χ3v) is 2.86. The zero-order chi connectivity index (χ0) is 14.0. The maximum absolute atomic E-state index is 13.5. The van der Waals surface area contributed by atoms with Crippen LogP contribution in [0.4, 0.5) is 8.78 Å². The first-order valence-electron chi connectivity index (χ1n) is 5.77. The Bertz CT molecular complexity index is 699. The molecule has 0 aliphatic carbocycles. The van der Waals surface area contributed by atoms with E-state index in [1.807, 2.05) is 0 Å². The third kappa shape index (κ3) is 2.47. The van der Waals surface area contributed by atoms with Crippen LogP contribution in [-0.4, -0.2) is 9.13 Å². The van der Waals surface area contributed by atoms with E-state index in [-0.39, 0.29) is 5.56 Å². The van der Waals surface area contributed by atoms with Gasteiger partial charge in [0.2, 0.25) is 0 Å². The van der Waals surface area contributed by atoms with Crippen molar-refractivity contribution in [3.05, 3.63) is 68.5 Å². The van der Waals surface area contributed by atoms with E-state index in [0.717, 1.165) is 16.7 Å². The minimum atomic E-state index is -0.779. The lowest BCUT2D eigenvalue weighted by Gasteiger charge is -2.09. The average Bonchev–Trinajstić information content (AvgIpc) is 2.37. The first-order valence-corrected chi connectivity index (χ1v) is 5.77. The number of halogens is 2. The number of benzene rings is 1. The van der Waals surface area contributed by atoms with Gasteiger partial charge < -0.3 is 4.57 Å². The summed E-state index contributed by atoms with van der Waals surface area (Å²) in [6.07, 6.45) is 1.36. The predicted molar refractivity (Wildman–Crippen MR) is 66.1 cm³/mol. The summed E-state index contributed by atoms with van der Waals surface area (Å²) in [5, 5.41) is 0. The van der Waals surface area contributed by atoms with E-state index in [2.05, 4.69) is 0 Å². The number of nitrogens with zero attached hydrogens (tertiary/aromatic N) is 2. The zero-order valence-corrected chi connectivity index (χ0v) is 10.3. The van der Waals surface area contributed by atoms with Gasteiger partial charge in [0.1, 0.15) is 11.6 Å². The summed E-state index contributed by atoms with van der Waals surface area (Å²) in [5.74, 6) is -1.56. The van der Waals surface area contributed by atoms with Gasteiger partial charge in [-0.2, -0.15) is 0 Å². The molecule has 0 aliphatic heterocycles. The van der Waals surface area contributed by atoms with E-state index >= 15 is 0 Å². The highest BCUT2D eigenvalue weighted by atomic mass is 19.1. The van der Waals surface area contributed by atoms with Crippen molar-refractivity contribution in [1.82, 2.24) is 9.13 Å². The molecule has 2 rings (SSSR count). The molecule has 0 bridgehead atoms. The third-order valence-electron chi connectivity index (χ3n) is 2.86. The highest BCUT2D eigenvalue weighted by Gasteiger charge is 2.12. The van der Waals surface area contributed by atoms with E-state index in [1.165, 1.54) is 22.9 Å². The summed E-state index contributed by atoms with van der Waals surface area (Å²) in [6, 6.07) is 4.60. The van der Waals surface area contributed by atoms with E-state index in [4.69, 9.17) is 0 Å². The van der Waals surface area contributed by atoms with Crippen LogP contribution >= 0.6 is 0 Å². The van der Waals surface area contributed by atoms with Crippen molar-refractivity contribution < 1.29 is 8.78 Å². The van der Waals surface area contributed by atoms with Crippen molar-refractivity contribution >= 4 is 0 Å². The second kappa shape index (κ2) is 5.17. The fourth-order valence-electron chi connectivity index (χ4n) is 1.78. The van der Waals surface area contributed by atoms with Gasteiger partial charge >= 0.3 is 5.69 Å². The van der Waals surface area contributed by atoms with Gasteiger partial charge in [0.25, 0.3) is 5.56 Å². The van der Waals surface area contributed by atoms with Crippen LogP contribution in [0, 0.1) is 11.6 Å². The molecule has 0 N–H and O–H groups in total. The van der Waals surface area contributed by atoms with Gasteiger partial charge in [-0.05, 0) is 19.1 Å². The minimum absolute atomic E-state index is 0.296. The van der Waals surface area contributed by atoms with Gasteiger partial charge in [0, 0.05) is 24.4 Å². The van der Waals surface area contributed by atoms with Gasteiger partial charge in [0.05, 0.1) is 6.54 Å². The lowest BCUT2D eigenvalue weighted by Crippen LogP contribution is -2.39. The van der Waals surface area contributed by atoms with Crippen molar-refractivity contribution in [3.8, 4) is 0 Å². The average molecular weight is 266 g/mol. The Morgan fingerprint density at radius 2 is 1.74 bits per heavy atom. The Balaban J connectivity index is 2.56. The minimum Gasteiger partial charge on any atom is -0.301 e. The van der Waals surface area contributed by atoms with Crippen molar-refractivity contribution in [2.45, 2.75) is 20.0 Å². The normalized spacial score (nSPS) is 10.7. The first-order chi connectivity index (χ1) is 9.04. The van der Waals surface area contributed by atoms with E-state index < -0.39 is 29.4 Å². The molecule has 19 heavy (non-hydrogen) atoms. The zero-order valence-electron chi connectivity index (χ0n) is 10.3. The molecule has 0 aliphatic rings. The Labute approximate surface area is 107 Å². The number of rotatable bonds is 3. The van der Waals surface area contributed by atoms with Crippen LogP contribution in [-0.2, 0) is 13.1 Å². The predicted octanol–water partition coefficient (Wildman–Crippen LogP) is 1.36.